The molecule has 168 valence electrons. The van der Waals surface area contributed by atoms with Gasteiger partial charge in [0.05, 0.1) is 32.6 Å². The van der Waals surface area contributed by atoms with Gasteiger partial charge in [-0.15, -0.1) is 6.58 Å². The molecule has 0 bridgehead atoms. The molecule has 2 aromatic carbocycles. The van der Waals surface area contributed by atoms with Crippen LogP contribution in [0.3, 0.4) is 0 Å². The first-order valence-electron chi connectivity index (χ1n) is 11.1. The van der Waals surface area contributed by atoms with Crippen molar-refractivity contribution in [1.82, 2.24) is 5.32 Å². The number of rotatable bonds is 6. The summed E-state index contributed by atoms with van der Waals surface area (Å²) in [5.41, 5.74) is 3.80. The second-order valence-electron chi connectivity index (χ2n) is 9.60. The molecular formula is C26H31N2O4+. The zero-order chi connectivity index (χ0) is 22.9. The van der Waals surface area contributed by atoms with E-state index in [1.165, 1.54) is 0 Å². The molecule has 0 radical (unpaired) electrons. The van der Waals surface area contributed by atoms with E-state index >= 15 is 0 Å². The molecule has 1 aliphatic heterocycles. The molecule has 0 spiro atoms. The SMILES string of the molecule is C=C[C@]1([C@H](NC(=O)OCC2c3ccccc3-c3ccccc32)C(=O)O)CCC[N+](C)(C)C1. The number of benzene rings is 2. The first-order valence-corrected chi connectivity index (χ1v) is 11.1. The van der Waals surface area contributed by atoms with Gasteiger partial charge < -0.3 is 19.6 Å². The summed E-state index contributed by atoms with van der Waals surface area (Å²) in [7, 11) is 4.15. The molecule has 1 heterocycles. The highest BCUT2D eigenvalue weighted by Crippen LogP contribution is 2.44. The van der Waals surface area contributed by atoms with Gasteiger partial charge in [0.2, 0.25) is 0 Å². The van der Waals surface area contributed by atoms with Gasteiger partial charge >= 0.3 is 12.1 Å². The van der Waals surface area contributed by atoms with Gasteiger partial charge in [-0.3, -0.25) is 0 Å². The number of amides is 1. The number of carboxylic acid groups (broad SMARTS) is 1. The Labute approximate surface area is 189 Å². The number of piperidine rings is 1. The fraction of sp³-hybridized carbons (Fsp3) is 0.385. The predicted molar refractivity (Wildman–Crippen MR) is 123 cm³/mol. The summed E-state index contributed by atoms with van der Waals surface area (Å²) in [5, 5.41) is 12.6. The number of aliphatic carboxylic acids is 1. The molecular weight excluding hydrogens is 404 g/mol. The van der Waals surface area contributed by atoms with Crippen molar-refractivity contribution < 1.29 is 23.9 Å². The van der Waals surface area contributed by atoms with Crippen LogP contribution in [0.25, 0.3) is 11.1 Å². The highest BCUT2D eigenvalue weighted by atomic mass is 16.5. The zero-order valence-corrected chi connectivity index (χ0v) is 18.7. The minimum Gasteiger partial charge on any atom is -0.480 e. The Morgan fingerprint density at radius 2 is 1.78 bits per heavy atom. The summed E-state index contributed by atoms with van der Waals surface area (Å²) < 4.78 is 6.28. The Morgan fingerprint density at radius 3 is 2.31 bits per heavy atom. The second-order valence-corrected chi connectivity index (χ2v) is 9.60. The Morgan fingerprint density at radius 1 is 1.19 bits per heavy atom. The van der Waals surface area contributed by atoms with E-state index < -0.39 is 23.5 Å². The number of fused-ring (bicyclic) bond motifs is 3. The molecule has 32 heavy (non-hydrogen) atoms. The maximum Gasteiger partial charge on any atom is 0.407 e. The molecule has 1 aliphatic carbocycles. The maximum absolute atomic E-state index is 12.8. The fourth-order valence-corrected chi connectivity index (χ4v) is 5.52. The summed E-state index contributed by atoms with van der Waals surface area (Å²) in [6.07, 6.45) is 2.53. The summed E-state index contributed by atoms with van der Waals surface area (Å²) in [5.74, 6) is -1.14. The minimum atomic E-state index is -1.09. The van der Waals surface area contributed by atoms with Crippen LogP contribution in [0, 0.1) is 5.41 Å². The van der Waals surface area contributed by atoms with Crippen LogP contribution >= 0.6 is 0 Å². The standard InChI is InChI=1S/C26H30N2O4/c1-4-26(14-9-15-28(2,3)17-26)23(24(29)30)27-25(31)32-16-22-20-12-7-5-10-18(20)19-11-6-8-13-21(19)22/h4-8,10-13,22-23H,1,9,14-17H2,2-3H3,(H-,27,29,30,31)/p+1/t23-,26+/m1/s1. The third-order valence-corrected chi connectivity index (χ3v) is 6.96. The molecule has 4 rings (SSSR count). The molecule has 1 amide bonds. The van der Waals surface area contributed by atoms with Crippen LogP contribution in [-0.2, 0) is 9.53 Å². The fourth-order valence-electron chi connectivity index (χ4n) is 5.52. The van der Waals surface area contributed by atoms with Crippen molar-refractivity contribution >= 4 is 12.1 Å². The lowest BCUT2D eigenvalue weighted by atomic mass is 9.73. The summed E-state index contributed by atoms with van der Waals surface area (Å²) >= 11 is 0. The van der Waals surface area contributed by atoms with E-state index in [0.29, 0.717) is 17.4 Å². The van der Waals surface area contributed by atoms with E-state index in [-0.39, 0.29) is 12.5 Å². The molecule has 0 unspecified atom stereocenters. The van der Waals surface area contributed by atoms with E-state index in [0.717, 1.165) is 35.2 Å². The van der Waals surface area contributed by atoms with Gasteiger partial charge in [0.1, 0.15) is 12.6 Å². The number of carbonyl (C=O) groups excluding carboxylic acids is 1. The number of quaternary nitrogens is 1. The zero-order valence-electron chi connectivity index (χ0n) is 18.7. The monoisotopic (exact) mass is 435 g/mol. The number of likely N-dealkylation sites (tertiary alicyclic amines) is 1. The first kappa shape index (κ1) is 22.1. The predicted octanol–water partition coefficient (Wildman–Crippen LogP) is 4.02. The number of carbonyl (C=O) groups is 2. The quantitative estimate of drug-likeness (QED) is 0.531. The lowest BCUT2D eigenvalue weighted by molar-refractivity contribution is -0.901. The minimum absolute atomic E-state index is 0.0740. The second kappa shape index (κ2) is 8.43. The largest absolute Gasteiger partial charge is 0.480 e. The van der Waals surface area contributed by atoms with Gasteiger partial charge in [-0.05, 0) is 35.1 Å². The van der Waals surface area contributed by atoms with E-state index in [4.69, 9.17) is 4.74 Å². The number of ether oxygens (including phenoxy) is 1. The van der Waals surface area contributed by atoms with Crippen LogP contribution in [0.1, 0.15) is 29.9 Å². The van der Waals surface area contributed by atoms with Crippen LogP contribution in [0.15, 0.2) is 61.2 Å². The number of alkyl carbamates (subject to hydrolysis) is 1. The topological polar surface area (TPSA) is 75.6 Å². The molecule has 2 atom stereocenters. The highest BCUT2D eigenvalue weighted by Gasteiger charge is 2.49. The van der Waals surface area contributed by atoms with Crippen molar-refractivity contribution in [3.8, 4) is 11.1 Å². The summed E-state index contributed by atoms with van der Waals surface area (Å²) in [4.78, 5) is 24.9. The molecule has 2 aromatic rings. The van der Waals surface area contributed by atoms with Gasteiger partial charge in [0.15, 0.2) is 0 Å². The van der Waals surface area contributed by atoms with Crippen molar-refractivity contribution in [2.24, 2.45) is 5.41 Å². The van der Waals surface area contributed by atoms with Crippen molar-refractivity contribution in [3.63, 3.8) is 0 Å². The normalized spacial score (nSPS) is 22.3. The first-order chi connectivity index (χ1) is 15.3. The van der Waals surface area contributed by atoms with Crippen molar-refractivity contribution in [3.05, 3.63) is 72.3 Å². The van der Waals surface area contributed by atoms with E-state index in [1.54, 1.807) is 6.08 Å². The van der Waals surface area contributed by atoms with Gasteiger partial charge in [-0.2, -0.15) is 0 Å². The molecule has 1 saturated heterocycles. The van der Waals surface area contributed by atoms with Gasteiger partial charge in [0.25, 0.3) is 0 Å². The van der Waals surface area contributed by atoms with Gasteiger partial charge in [0, 0.05) is 5.92 Å². The lowest BCUT2D eigenvalue weighted by Gasteiger charge is -2.46. The number of carboxylic acids is 1. The smallest absolute Gasteiger partial charge is 0.407 e. The van der Waals surface area contributed by atoms with Gasteiger partial charge in [-0.1, -0.05) is 54.6 Å². The molecule has 6 heteroatoms. The van der Waals surface area contributed by atoms with Crippen LogP contribution in [0.5, 0.6) is 0 Å². The van der Waals surface area contributed by atoms with Gasteiger partial charge in [-0.25, -0.2) is 9.59 Å². The van der Waals surface area contributed by atoms with Crippen molar-refractivity contribution in [2.45, 2.75) is 24.8 Å². The van der Waals surface area contributed by atoms with Crippen LogP contribution in [-0.4, -0.2) is 61.5 Å². The van der Waals surface area contributed by atoms with E-state index in [9.17, 15) is 14.7 Å². The van der Waals surface area contributed by atoms with Crippen LogP contribution in [0.4, 0.5) is 4.79 Å². The Hall–Kier alpha value is -3.12. The number of hydrogen-bond acceptors (Lipinski definition) is 3. The van der Waals surface area contributed by atoms with Crippen molar-refractivity contribution in [1.29, 1.82) is 0 Å². The van der Waals surface area contributed by atoms with Crippen molar-refractivity contribution in [2.75, 3.05) is 33.8 Å². The molecule has 0 aromatic heterocycles. The molecule has 0 saturated carbocycles. The average Bonchev–Trinajstić information content (AvgIpc) is 3.09. The lowest BCUT2D eigenvalue weighted by Crippen LogP contribution is -2.62. The Kier molecular flexibility index (Phi) is 5.82. The molecule has 6 nitrogen and oxygen atoms in total. The number of nitrogens with one attached hydrogen (secondary N) is 1. The number of nitrogens with zero attached hydrogens (tertiary/aromatic N) is 1. The molecule has 1 fully saturated rings. The Balaban J connectivity index is 1.50. The third-order valence-electron chi connectivity index (χ3n) is 6.96. The van der Waals surface area contributed by atoms with E-state index in [2.05, 4.69) is 50.3 Å². The molecule has 2 N–H and O–H groups in total. The third kappa shape index (κ3) is 4.02. The Bertz CT molecular complexity index is 1000. The average molecular weight is 436 g/mol. The van der Waals surface area contributed by atoms with Crippen LogP contribution in [0.2, 0.25) is 0 Å². The molecule has 2 aliphatic rings. The van der Waals surface area contributed by atoms with Crippen LogP contribution < -0.4 is 5.32 Å². The van der Waals surface area contributed by atoms with E-state index in [1.807, 2.05) is 24.3 Å². The summed E-state index contributed by atoms with van der Waals surface area (Å²) in [6.45, 7) is 5.63. The number of hydrogen-bond donors (Lipinski definition) is 2. The highest BCUT2D eigenvalue weighted by molar-refractivity contribution is 5.82. The summed E-state index contributed by atoms with van der Waals surface area (Å²) in [6, 6.07) is 15.1. The maximum atomic E-state index is 12.8.